The Hall–Kier alpha value is -0.900. The van der Waals surface area contributed by atoms with E-state index in [9.17, 15) is 17.8 Å². The highest BCUT2D eigenvalue weighted by atomic mass is 32.2. The molecule has 1 amide bonds. The number of carbonyl (C=O) groups is 1. The number of piperazine rings is 1. The van der Waals surface area contributed by atoms with Gasteiger partial charge in [-0.15, -0.1) is 0 Å². The molecule has 0 radical (unpaired) electrons. The zero-order valence-electron chi connectivity index (χ0n) is 19.9. The number of ether oxygens (including phenoxy) is 2. The molecule has 0 spiro atoms. The van der Waals surface area contributed by atoms with Gasteiger partial charge in [0.05, 0.1) is 39.1 Å². The van der Waals surface area contributed by atoms with E-state index in [0.29, 0.717) is 72.2 Å². The van der Waals surface area contributed by atoms with E-state index in [1.54, 1.807) is 14.9 Å². The number of carbonyl (C=O) groups excluding carboxylic acids is 1. The predicted octanol–water partition coefficient (Wildman–Crippen LogP) is -0.926. The minimum atomic E-state index is -4.87. The maximum atomic E-state index is 14.4. The van der Waals surface area contributed by atoms with Crippen LogP contribution in [0.3, 0.4) is 0 Å². The second kappa shape index (κ2) is 10.2. The lowest BCUT2D eigenvalue weighted by atomic mass is 10.1. The zero-order chi connectivity index (χ0) is 23.8. The molecule has 1 N–H and O–H groups in total. The van der Waals surface area contributed by atoms with Gasteiger partial charge in [0.2, 0.25) is 0 Å². The number of hydrogen-bond acceptors (Lipinski definition) is 10. The van der Waals surface area contributed by atoms with Crippen molar-refractivity contribution in [1.82, 2.24) is 29.8 Å². The van der Waals surface area contributed by atoms with E-state index < -0.39 is 21.0 Å². The van der Waals surface area contributed by atoms with Crippen molar-refractivity contribution in [2.45, 2.75) is 43.3 Å². The first-order valence-electron chi connectivity index (χ1n) is 12.7. The highest BCUT2D eigenvalue weighted by Gasteiger charge is 2.68. The summed E-state index contributed by atoms with van der Waals surface area (Å²) in [5.41, 5.74) is 0. The van der Waals surface area contributed by atoms with Gasteiger partial charge in [-0.25, -0.2) is 10.0 Å². The van der Waals surface area contributed by atoms with Gasteiger partial charge in [-0.2, -0.15) is 13.4 Å². The maximum absolute atomic E-state index is 14.4. The molecular formula is C21H38N6O6S. The van der Waals surface area contributed by atoms with E-state index in [1.165, 1.54) is 0 Å². The second-order valence-electron chi connectivity index (χ2n) is 9.72. The Labute approximate surface area is 202 Å². The summed E-state index contributed by atoms with van der Waals surface area (Å²) in [4.78, 5) is 16.2. The van der Waals surface area contributed by atoms with Gasteiger partial charge < -0.3 is 9.47 Å². The number of hydrazine groups is 2. The monoisotopic (exact) mass is 502 g/mol. The minimum Gasteiger partial charge on any atom is -0.379 e. The SMILES string of the molecule is O=C1N(N2CCOCC2)CC(N2CCCCC2)N(N2CCOCC2)C1(N1CCCC1)S(=O)(=O)O. The van der Waals surface area contributed by atoms with Crippen molar-refractivity contribution in [3.8, 4) is 0 Å². The molecule has 2 unspecified atom stereocenters. The van der Waals surface area contributed by atoms with Gasteiger partial charge in [-0.05, 0) is 38.8 Å². The standard InChI is InChI=1S/C21H38N6O6S/c28-20-21(34(29,30)31,23-8-4-5-9-23)27(25-12-16-33-17-13-25)19(22-6-2-1-3-7-22)18-26(20)24-10-14-32-15-11-24/h19H,1-18H2,(H,29,30,31). The van der Waals surface area contributed by atoms with Crippen LogP contribution in [0.2, 0.25) is 0 Å². The maximum Gasteiger partial charge on any atom is 0.309 e. The summed E-state index contributed by atoms with van der Waals surface area (Å²) in [6.07, 6.45) is 4.40. The van der Waals surface area contributed by atoms with E-state index in [1.807, 2.05) is 10.0 Å². The van der Waals surface area contributed by atoms with Crippen LogP contribution in [-0.2, 0) is 24.4 Å². The minimum absolute atomic E-state index is 0.349. The van der Waals surface area contributed by atoms with E-state index in [4.69, 9.17) is 9.47 Å². The topological polar surface area (TPSA) is 109 Å². The largest absolute Gasteiger partial charge is 0.379 e. The van der Waals surface area contributed by atoms with Gasteiger partial charge >= 0.3 is 10.1 Å². The van der Waals surface area contributed by atoms with Crippen LogP contribution in [0.1, 0.15) is 32.1 Å². The quantitative estimate of drug-likeness (QED) is 0.471. The summed E-state index contributed by atoms with van der Waals surface area (Å²) >= 11 is 0. The van der Waals surface area contributed by atoms with Crippen molar-refractivity contribution in [1.29, 1.82) is 0 Å². The molecule has 5 heterocycles. The summed E-state index contributed by atoms with van der Waals surface area (Å²) in [6, 6.07) is 0. The van der Waals surface area contributed by atoms with Gasteiger partial charge in [-0.1, -0.05) is 6.42 Å². The Balaban J connectivity index is 1.65. The van der Waals surface area contributed by atoms with Crippen molar-refractivity contribution in [2.24, 2.45) is 0 Å². The number of hydrogen-bond donors (Lipinski definition) is 1. The van der Waals surface area contributed by atoms with Crippen LogP contribution in [-0.4, -0.2) is 145 Å². The Bertz CT molecular complexity index is 824. The average Bonchev–Trinajstić information content (AvgIpc) is 3.39. The number of likely N-dealkylation sites (tertiary alicyclic amines) is 2. The lowest BCUT2D eigenvalue weighted by molar-refractivity contribution is -0.258. The van der Waals surface area contributed by atoms with Gasteiger partial charge in [0.25, 0.3) is 10.9 Å². The summed E-state index contributed by atoms with van der Waals surface area (Å²) in [5.74, 6) is -0.585. The molecule has 5 rings (SSSR count). The second-order valence-corrected chi connectivity index (χ2v) is 11.2. The van der Waals surface area contributed by atoms with Gasteiger partial charge in [0, 0.05) is 39.3 Å². The van der Waals surface area contributed by atoms with Crippen LogP contribution < -0.4 is 0 Å². The zero-order valence-corrected chi connectivity index (χ0v) is 20.7. The lowest BCUT2D eigenvalue weighted by Crippen LogP contribution is -2.84. The molecule has 194 valence electrons. The smallest absolute Gasteiger partial charge is 0.309 e. The molecule has 12 nitrogen and oxygen atoms in total. The molecule has 0 saturated carbocycles. The lowest BCUT2D eigenvalue weighted by Gasteiger charge is -2.60. The fourth-order valence-corrected chi connectivity index (χ4v) is 7.46. The molecule has 13 heteroatoms. The van der Waals surface area contributed by atoms with Crippen LogP contribution in [0.5, 0.6) is 0 Å². The third-order valence-electron chi connectivity index (χ3n) is 7.77. The highest BCUT2D eigenvalue weighted by Crippen LogP contribution is 2.40. The number of piperidine rings is 1. The Morgan fingerprint density at radius 2 is 1.29 bits per heavy atom. The molecule has 0 aromatic heterocycles. The third kappa shape index (κ3) is 4.28. The van der Waals surface area contributed by atoms with Gasteiger partial charge in [0.1, 0.15) is 0 Å². The molecule has 34 heavy (non-hydrogen) atoms. The normalized spacial score (nSPS) is 34.7. The van der Waals surface area contributed by atoms with E-state index in [-0.39, 0.29) is 6.17 Å². The molecule has 5 fully saturated rings. The van der Waals surface area contributed by atoms with Crippen LogP contribution in [0.4, 0.5) is 0 Å². The van der Waals surface area contributed by atoms with E-state index in [2.05, 4.69) is 4.90 Å². The van der Waals surface area contributed by atoms with Crippen molar-refractivity contribution >= 4 is 16.0 Å². The van der Waals surface area contributed by atoms with Gasteiger partial charge in [-0.3, -0.25) is 24.2 Å². The first kappa shape index (κ1) is 24.8. The van der Waals surface area contributed by atoms with Crippen molar-refractivity contribution in [3.05, 3.63) is 0 Å². The number of nitrogens with zero attached hydrogens (tertiary/aromatic N) is 6. The Kier molecular flexibility index (Phi) is 7.45. The molecular weight excluding hydrogens is 464 g/mol. The van der Waals surface area contributed by atoms with Crippen molar-refractivity contribution in [3.63, 3.8) is 0 Å². The summed E-state index contributed by atoms with van der Waals surface area (Å²) in [5, 5.41) is 7.20. The van der Waals surface area contributed by atoms with Crippen LogP contribution >= 0.6 is 0 Å². The fourth-order valence-electron chi connectivity index (χ4n) is 6.15. The third-order valence-corrected chi connectivity index (χ3v) is 9.11. The number of rotatable bonds is 5. The first-order valence-corrected chi connectivity index (χ1v) is 14.1. The average molecular weight is 503 g/mol. The number of morpholine rings is 2. The van der Waals surface area contributed by atoms with Gasteiger partial charge in [0.15, 0.2) is 0 Å². The Morgan fingerprint density at radius 3 is 1.85 bits per heavy atom. The number of amides is 1. The molecule has 0 aromatic rings. The molecule has 5 saturated heterocycles. The summed E-state index contributed by atoms with van der Waals surface area (Å²) in [7, 11) is -4.87. The predicted molar refractivity (Wildman–Crippen MR) is 123 cm³/mol. The summed E-state index contributed by atoms with van der Waals surface area (Å²) in [6.45, 7) is 6.72. The van der Waals surface area contributed by atoms with Crippen LogP contribution in [0.15, 0.2) is 0 Å². The summed E-state index contributed by atoms with van der Waals surface area (Å²) < 4.78 is 49.1. The molecule has 0 aromatic carbocycles. The van der Waals surface area contributed by atoms with E-state index >= 15 is 0 Å². The Morgan fingerprint density at radius 1 is 0.765 bits per heavy atom. The molecule has 5 aliphatic rings. The molecule has 5 aliphatic heterocycles. The van der Waals surface area contributed by atoms with Crippen molar-refractivity contribution < 1.29 is 27.2 Å². The fraction of sp³-hybridized carbons (Fsp3) is 0.952. The molecule has 0 aliphatic carbocycles. The van der Waals surface area contributed by atoms with E-state index in [0.717, 1.165) is 45.2 Å². The highest BCUT2D eigenvalue weighted by molar-refractivity contribution is 7.88. The molecule has 0 bridgehead atoms. The van der Waals surface area contributed by atoms with Crippen LogP contribution in [0.25, 0.3) is 0 Å². The van der Waals surface area contributed by atoms with Crippen LogP contribution in [0, 0.1) is 0 Å². The van der Waals surface area contributed by atoms with Crippen molar-refractivity contribution in [2.75, 3.05) is 85.3 Å². The first-order chi connectivity index (χ1) is 16.4. The molecule has 2 atom stereocenters.